The molecule has 2 heterocycles. The van der Waals surface area contributed by atoms with Crippen LogP contribution in [0.4, 0.5) is 0 Å². The predicted molar refractivity (Wildman–Crippen MR) is 104 cm³/mol. The number of aryl methyl sites for hydroxylation is 1. The van der Waals surface area contributed by atoms with Gasteiger partial charge in [-0.15, -0.1) is 11.3 Å². The van der Waals surface area contributed by atoms with Crippen LogP contribution in [0, 0.1) is 6.92 Å². The predicted octanol–water partition coefficient (Wildman–Crippen LogP) is 2.83. The van der Waals surface area contributed by atoms with Crippen LogP contribution in [0.1, 0.15) is 16.0 Å². The average Bonchev–Trinajstić information content (AvgIpc) is 3.09. The van der Waals surface area contributed by atoms with Crippen molar-refractivity contribution in [3.8, 4) is 0 Å². The lowest BCUT2D eigenvalue weighted by Gasteiger charge is -2.35. The highest BCUT2D eigenvalue weighted by Crippen LogP contribution is 2.12. The van der Waals surface area contributed by atoms with Crippen molar-refractivity contribution in [2.75, 3.05) is 39.8 Å². The summed E-state index contributed by atoms with van der Waals surface area (Å²) < 4.78 is 0. The molecule has 1 amide bonds. The molecule has 0 unspecified atom stereocenters. The summed E-state index contributed by atoms with van der Waals surface area (Å²) in [5.41, 5.74) is 2.69. The molecule has 3 rings (SSSR count). The highest BCUT2D eigenvalue weighted by atomic mass is 32.1. The van der Waals surface area contributed by atoms with Crippen LogP contribution < -0.4 is 0 Å². The van der Waals surface area contributed by atoms with Crippen molar-refractivity contribution in [1.29, 1.82) is 0 Å². The van der Waals surface area contributed by atoms with Crippen LogP contribution in [-0.4, -0.2) is 60.4 Å². The number of likely N-dealkylation sites (N-methyl/N-ethyl adjacent to an activating group) is 1. The summed E-state index contributed by atoms with van der Waals surface area (Å²) in [6, 6.07) is 12.8. The molecule has 4 nitrogen and oxygen atoms in total. The maximum absolute atomic E-state index is 12.4. The first kappa shape index (κ1) is 18.1. The van der Waals surface area contributed by atoms with E-state index >= 15 is 0 Å². The average molecular weight is 358 g/mol. The lowest BCUT2D eigenvalue weighted by Crippen LogP contribution is -2.49. The Morgan fingerprint density at radius 1 is 1.12 bits per heavy atom. The zero-order valence-corrected chi connectivity index (χ0v) is 16.0. The van der Waals surface area contributed by atoms with Crippen molar-refractivity contribution in [1.82, 2.24) is 14.7 Å². The van der Waals surface area contributed by atoms with Crippen molar-refractivity contribution >= 4 is 17.2 Å². The fourth-order valence-corrected chi connectivity index (χ4v) is 3.97. The van der Waals surface area contributed by atoms with Gasteiger partial charge in [0.25, 0.3) is 0 Å². The third kappa shape index (κ3) is 5.39. The van der Waals surface area contributed by atoms with Gasteiger partial charge in [-0.2, -0.15) is 0 Å². The number of hydrogen-bond acceptors (Lipinski definition) is 4. The lowest BCUT2D eigenvalue weighted by molar-refractivity contribution is -0.132. The van der Waals surface area contributed by atoms with Crippen molar-refractivity contribution < 1.29 is 4.79 Å². The summed E-state index contributed by atoms with van der Waals surface area (Å²) >= 11 is 1.70. The van der Waals surface area contributed by atoms with Gasteiger partial charge >= 0.3 is 0 Å². The van der Waals surface area contributed by atoms with E-state index in [-0.39, 0.29) is 5.91 Å². The molecule has 0 aliphatic carbocycles. The quantitative estimate of drug-likeness (QED) is 0.795. The molecule has 1 aromatic carbocycles. The normalized spacial score (nSPS) is 16.1. The molecule has 2 aromatic rings. The third-order valence-corrected chi connectivity index (χ3v) is 5.57. The smallest absolute Gasteiger partial charge is 0.236 e. The van der Waals surface area contributed by atoms with Gasteiger partial charge in [-0.1, -0.05) is 35.9 Å². The second-order valence-electron chi connectivity index (χ2n) is 6.87. The van der Waals surface area contributed by atoms with Crippen molar-refractivity contribution in [2.24, 2.45) is 0 Å². The molecular weight excluding hydrogens is 330 g/mol. The Morgan fingerprint density at radius 2 is 1.88 bits per heavy atom. The summed E-state index contributed by atoms with van der Waals surface area (Å²) in [6.07, 6.45) is 0. The van der Waals surface area contributed by atoms with Crippen molar-refractivity contribution in [3.05, 3.63) is 57.8 Å². The van der Waals surface area contributed by atoms with Crippen LogP contribution in [0.15, 0.2) is 41.8 Å². The van der Waals surface area contributed by atoms with E-state index < -0.39 is 0 Å². The zero-order chi connectivity index (χ0) is 17.6. The molecule has 1 aliphatic heterocycles. The van der Waals surface area contributed by atoms with Crippen LogP contribution >= 0.6 is 11.3 Å². The summed E-state index contributed by atoms with van der Waals surface area (Å²) in [4.78, 5) is 20.3. The fourth-order valence-electron chi connectivity index (χ4n) is 3.21. The molecular formula is C20H27N3OS. The number of thiophene rings is 1. The molecule has 1 aromatic heterocycles. The maximum Gasteiger partial charge on any atom is 0.236 e. The topological polar surface area (TPSA) is 26.8 Å². The van der Waals surface area contributed by atoms with E-state index in [0.717, 1.165) is 32.7 Å². The molecule has 25 heavy (non-hydrogen) atoms. The van der Waals surface area contributed by atoms with Gasteiger partial charge in [0.15, 0.2) is 0 Å². The molecule has 5 heteroatoms. The Balaban J connectivity index is 1.42. The zero-order valence-electron chi connectivity index (χ0n) is 15.1. The van der Waals surface area contributed by atoms with E-state index in [1.165, 1.54) is 16.0 Å². The number of rotatable bonds is 6. The fraction of sp³-hybridized carbons (Fsp3) is 0.450. The van der Waals surface area contributed by atoms with Crippen LogP contribution in [0.5, 0.6) is 0 Å². The highest BCUT2D eigenvalue weighted by Gasteiger charge is 2.20. The molecule has 0 radical (unpaired) electrons. The minimum Gasteiger partial charge on any atom is -0.340 e. The van der Waals surface area contributed by atoms with Gasteiger partial charge < -0.3 is 4.90 Å². The molecule has 1 fully saturated rings. The van der Waals surface area contributed by atoms with Gasteiger partial charge in [0, 0.05) is 44.6 Å². The maximum atomic E-state index is 12.4. The van der Waals surface area contributed by atoms with Crippen molar-refractivity contribution in [2.45, 2.75) is 20.0 Å². The van der Waals surface area contributed by atoms with Gasteiger partial charge in [0.05, 0.1) is 13.1 Å². The third-order valence-electron chi connectivity index (χ3n) is 4.71. The van der Waals surface area contributed by atoms with Gasteiger partial charge in [0.2, 0.25) is 5.91 Å². The van der Waals surface area contributed by atoms with Crippen LogP contribution in [0.25, 0.3) is 0 Å². The SMILES string of the molecule is Cc1cccc(CN2CCN(CC(=O)N(C)Cc3cccs3)CC2)c1. The first-order chi connectivity index (χ1) is 12.1. The number of carbonyl (C=O) groups excluding carboxylic acids is 1. The summed E-state index contributed by atoms with van der Waals surface area (Å²) in [5, 5.41) is 2.06. The Labute approximate surface area is 154 Å². The Bertz CT molecular complexity index is 678. The number of piperazine rings is 1. The monoisotopic (exact) mass is 357 g/mol. The molecule has 0 N–H and O–H groups in total. The second-order valence-corrected chi connectivity index (χ2v) is 7.90. The van der Waals surface area contributed by atoms with Gasteiger partial charge in [-0.25, -0.2) is 0 Å². The van der Waals surface area contributed by atoms with E-state index in [9.17, 15) is 4.79 Å². The lowest BCUT2D eigenvalue weighted by atomic mass is 10.1. The molecule has 134 valence electrons. The number of benzene rings is 1. The molecule has 0 saturated carbocycles. The van der Waals surface area contributed by atoms with E-state index in [2.05, 4.69) is 52.4 Å². The van der Waals surface area contributed by atoms with Gasteiger partial charge in [0.1, 0.15) is 0 Å². The van der Waals surface area contributed by atoms with Gasteiger partial charge in [-0.05, 0) is 23.9 Å². The van der Waals surface area contributed by atoms with Crippen LogP contribution in [-0.2, 0) is 17.9 Å². The van der Waals surface area contributed by atoms with E-state index in [1.807, 2.05) is 18.0 Å². The Kier molecular flexibility index (Phi) is 6.24. The second kappa shape index (κ2) is 8.61. The van der Waals surface area contributed by atoms with E-state index in [4.69, 9.17) is 0 Å². The molecule has 0 atom stereocenters. The van der Waals surface area contributed by atoms with E-state index in [1.54, 1.807) is 11.3 Å². The first-order valence-corrected chi connectivity index (χ1v) is 9.75. The highest BCUT2D eigenvalue weighted by molar-refractivity contribution is 7.09. The Morgan fingerprint density at radius 3 is 2.56 bits per heavy atom. The molecule has 0 spiro atoms. The van der Waals surface area contributed by atoms with Crippen LogP contribution in [0.3, 0.4) is 0 Å². The minimum absolute atomic E-state index is 0.209. The summed E-state index contributed by atoms with van der Waals surface area (Å²) in [7, 11) is 1.90. The number of hydrogen-bond donors (Lipinski definition) is 0. The Hall–Kier alpha value is -1.69. The first-order valence-electron chi connectivity index (χ1n) is 8.87. The molecule has 0 bridgehead atoms. The molecule has 1 aliphatic rings. The summed E-state index contributed by atoms with van der Waals surface area (Å²) in [6.45, 7) is 8.35. The van der Waals surface area contributed by atoms with E-state index in [0.29, 0.717) is 13.1 Å². The standard InChI is InChI=1S/C20H27N3OS/c1-17-5-3-6-18(13-17)14-22-8-10-23(11-9-22)16-20(24)21(2)15-19-7-4-12-25-19/h3-7,12-13H,8-11,14-16H2,1-2H3. The number of amides is 1. The molecule has 1 saturated heterocycles. The summed E-state index contributed by atoms with van der Waals surface area (Å²) in [5.74, 6) is 0.209. The van der Waals surface area contributed by atoms with Crippen LogP contribution in [0.2, 0.25) is 0 Å². The van der Waals surface area contributed by atoms with Gasteiger partial charge in [-0.3, -0.25) is 14.6 Å². The largest absolute Gasteiger partial charge is 0.340 e. The van der Waals surface area contributed by atoms with Crippen molar-refractivity contribution in [3.63, 3.8) is 0 Å². The minimum atomic E-state index is 0.209. The number of nitrogens with zero attached hydrogens (tertiary/aromatic N) is 3. The number of carbonyl (C=O) groups is 1.